The van der Waals surface area contributed by atoms with E-state index in [-0.39, 0.29) is 12.1 Å². The van der Waals surface area contributed by atoms with Crippen molar-refractivity contribution in [3.63, 3.8) is 0 Å². The summed E-state index contributed by atoms with van der Waals surface area (Å²) >= 11 is 5.82. The Morgan fingerprint density at radius 2 is 1.84 bits per heavy atom. The number of ether oxygens (including phenoxy) is 1. The quantitative estimate of drug-likeness (QED) is 0.520. The van der Waals surface area contributed by atoms with Gasteiger partial charge in [-0.15, -0.1) is 0 Å². The standard InChI is InChI=1S/C25H28N4OS/c1-16-15-21(17(2)27-16)24-23(22-9-5-6-14-26-22)28-25(31)29(24)18-10-12-20(13-11-18)30-19-7-3-4-8-19/h5-6,9-15,19,23-24,27H,3-4,7-8H2,1-2H3,(H,28,31)/t23-,24+/m1/s1. The maximum Gasteiger partial charge on any atom is 0.174 e. The van der Waals surface area contributed by atoms with Crippen LogP contribution in [0.4, 0.5) is 5.69 Å². The number of aromatic amines is 1. The predicted octanol–water partition coefficient (Wildman–Crippen LogP) is 5.53. The average Bonchev–Trinajstić information content (AvgIpc) is 3.48. The Kier molecular flexibility index (Phi) is 5.40. The van der Waals surface area contributed by atoms with E-state index in [4.69, 9.17) is 17.0 Å². The summed E-state index contributed by atoms with van der Waals surface area (Å²) in [6.45, 7) is 4.21. The van der Waals surface area contributed by atoms with E-state index in [2.05, 4.69) is 70.4 Å². The van der Waals surface area contributed by atoms with Crippen LogP contribution in [0.3, 0.4) is 0 Å². The first-order chi connectivity index (χ1) is 15.1. The van der Waals surface area contributed by atoms with Gasteiger partial charge < -0.3 is 19.9 Å². The number of rotatable bonds is 5. The normalized spacial score (nSPS) is 21.5. The van der Waals surface area contributed by atoms with Gasteiger partial charge in [-0.05, 0) is 99.8 Å². The fourth-order valence-electron chi connectivity index (χ4n) is 4.89. The Morgan fingerprint density at radius 1 is 1.06 bits per heavy atom. The minimum absolute atomic E-state index is 0.00829. The number of nitrogens with one attached hydrogen (secondary N) is 2. The predicted molar refractivity (Wildman–Crippen MR) is 128 cm³/mol. The van der Waals surface area contributed by atoms with E-state index in [9.17, 15) is 0 Å². The van der Waals surface area contributed by atoms with Crippen LogP contribution >= 0.6 is 12.2 Å². The van der Waals surface area contributed by atoms with Crippen molar-refractivity contribution in [1.29, 1.82) is 0 Å². The summed E-state index contributed by atoms with van der Waals surface area (Å²) in [7, 11) is 0. The molecule has 5 rings (SSSR count). The number of hydrogen-bond acceptors (Lipinski definition) is 3. The first kappa shape index (κ1) is 20.1. The third-order valence-corrected chi connectivity index (χ3v) is 6.64. The van der Waals surface area contributed by atoms with Gasteiger partial charge in [-0.25, -0.2) is 0 Å². The highest BCUT2D eigenvalue weighted by atomic mass is 32.1. The number of benzene rings is 1. The molecule has 5 nitrogen and oxygen atoms in total. The van der Waals surface area contributed by atoms with Gasteiger partial charge in [-0.2, -0.15) is 0 Å². The smallest absolute Gasteiger partial charge is 0.174 e. The summed E-state index contributed by atoms with van der Waals surface area (Å²) in [5.41, 5.74) is 5.56. The number of aromatic nitrogens is 2. The SMILES string of the molecule is Cc1cc([C@H]2[C@@H](c3ccccn3)NC(=S)N2c2ccc(OC3CCCC3)cc2)c(C)[nH]1. The largest absolute Gasteiger partial charge is 0.490 e. The molecule has 0 unspecified atom stereocenters. The molecule has 160 valence electrons. The number of aryl methyl sites for hydroxylation is 2. The summed E-state index contributed by atoms with van der Waals surface area (Å²) in [6.07, 6.45) is 7.03. The van der Waals surface area contributed by atoms with Gasteiger partial charge in [0.25, 0.3) is 0 Å². The number of thiocarbonyl (C=S) groups is 1. The van der Waals surface area contributed by atoms with Crippen molar-refractivity contribution in [2.24, 2.45) is 0 Å². The number of pyridine rings is 1. The van der Waals surface area contributed by atoms with Crippen molar-refractivity contribution < 1.29 is 4.74 Å². The highest BCUT2D eigenvalue weighted by Gasteiger charge is 2.41. The monoisotopic (exact) mass is 432 g/mol. The Balaban J connectivity index is 1.49. The molecule has 1 aliphatic heterocycles. The lowest BCUT2D eigenvalue weighted by atomic mass is 9.96. The van der Waals surface area contributed by atoms with E-state index < -0.39 is 0 Å². The fraction of sp³-hybridized carbons (Fsp3) is 0.360. The summed E-state index contributed by atoms with van der Waals surface area (Å²) in [4.78, 5) is 10.3. The molecule has 0 amide bonds. The molecular formula is C25H28N4OS. The molecule has 2 N–H and O–H groups in total. The number of H-pyrrole nitrogens is 1. The van der Waals surface area contributed by atoms with E-state index in [1.54, 1.807) is 0 Å². The lowest BCUT2D eigenvalue weighted by Crippen LogP contribution is -2.29. The zero-order chi connectivity index (χ0) is 21.4. The highest BCUT2D eigenvalue weighted by Crippen LogP contribution is 2.43. The fourth-order valence-corrected chi connectivity index (χ4v) is 5.23. The molecule has 2 fully saturated rings. The Bertz CT molecular complexity index is 1060. The third kappa shape index (κ3) is 3.92. The second-order valence-electron chi connectivity index (χ2n) is 8.55. The Hall–Kier alpha value is -2.86. The molecule has 1 aromatic carbocycles. The van der Waals surface area contributed by atoms with E-state index >= 15 is 0 Å². The van der Waals surface area contributed by atoms with Crippen molar-refractivity contribution in [2.45, 2.75) is 57.7 Å². The third-order valence-electron chi connectivity index (χ3n) is 6.33. The minimum atomic E-state index is -0.0305. The van der Waals surface area contributed by atoms with E-state index in [1.807, 2.05) is 18.3 Å². The maximum absolute atomic E-state index is 6.16. The van der Waals surface area contributed by atoms with Crippen LogP contribution < -0.4 is 15.0 Å². The van der Waals surface area contributed by atoms with Crippen LogP contribution in [0.25, 0.3) is 0 Å². The Labute approximate surface area is 188 Å². The molecule has 6 heteroatoms. The van der Waals surface area contributed by atoms with Gasteiger partial charge in [0.05, 0.1) is 23.9 Å². The average molecular weight is 433 g/mol. The Morgan fingerprint density at radius 3 is 2.48 bits per heavy atom. The molecule has 0 radical (unpaired) electrons. The lowest BCUT2D eigenvalue weighted by molar-refractivity contribution is 0.210. The molecule has 2 atom stereocenters. The van der Waals surface area contributed by atoms with Crippen molar-refractivity contribution in [1.82, 2.24) is 15.3 Å². The molecule has 2 aromatic heterocycles. The topological polar surface area (TPSA) is 53.2 Å². The van der Waals surface area contributed by atoms with Gasteiger partial charge in [-0.3, -0.25) is 4.98 Å². The van der Waals surface area contributed by atoms with Gasteiger partial charge >= 0.3 is 0 Å². The molecule has 0 bridgehead atoms. The molecule has 1 saturated carbocycles. The highest BCUT2D eigenvalue weighted by molar-refractivity contribution is 7.80. The number of hydrogen-bond donors (Lipinski definition) is 2. The van der Waals surface area contributed by atoms with Crippen molar-refractivity contribution in [3.05, 3.63) is 77.4 Å². The zero-order valence-electron chi connectivity index (χ0n) is 18.0. The van der Waals surface area contributed by atoms with Crippen molar-refractivity contribution in [2.75, 3.05) is 4.90 Å². The van der Waals surface area contributed by atoms with Crippen LogP contribution in [0.15, 0.2) is 54.7 Å². The van der Waals surface area contributed by atoms with Crippen LogP contribution in [0, 0.1) is 13.8 Å². The van der Waals surface area contributed by atoms with Gasteiger partial charge in [0.15, 0.2) is 5.11 Å². The van der Waals surface area contributed by atoms with Gasteiger partial charge in [-0.1, -0.05) is 6.07 Å². The van der Waals surface area contributed by atoms with Crippen molar-refractivity contribution >= 4 is 23.0 Å². The van der Waals surface area contributed by atoms with Crippen LogP contribution in [0.2, 0.25) is 0 Å². The molecule has 1 saturated heterocycles. The van der Waals surface area contributed by atoms with Crippen molar-refractivity contribution in [3.8, 4) is 5.75 Å². The molecule has 1 aliphatic carbocycles. The summed E-state index contributed by atoms with van der Waals surface area (Å²) < 4.78 is 6.16. The molecule has 31 heavy (non-hydrogen) atoms. The molecule has 0 spiro atoms. The molecule has 3 heterocycles. The molecule has 3 aromatic rings. The van der Waals surface area contributed by atoms with E-state index in [0.717, 1.165) is 41.4 Å². The van der Waals surface area contributed by atoms with Crippen LogP contribution in [0.1, 0.15) is 60.4 Å². The summed E-state index contributed by atoms with van der Waals surface area (Å²) in [5, 5.41) is 4.24. The second-order valence-corrected chi connectivity index (χ2v) is 8.93. The molecular weight excluding hydrogens is 404 g/mol. The van der Waals surface area contributed by atoms with Gasteiger partial charge in [0.2, 0.25) is 0 Å². The van der Waals surface area contributed by atoms with Gasteiger partial charge in [0, 0.05) is 23.3 Å². The van der Waals surface area contributed by atoms with Crippen LogP contribution in [-0.2, 0) is 0 Å². The zero-order valence-corrected chi connectivity index (χ0v) is 18.8. The number of anilines is 1. The second kappa shape index (κ2) is 8.35. The lowest BCUT2D eigenvalue weighted by Gasteiger charge is -2.28. The first-order valence-electron chi connectivity index (χ1n) is 11.0. The summed E-state index contributed by atoms with van der Waals surface area (Å²) in [5.74, 6) is 0.931. The number of nitrogens with zero attached hydrogens (tertiary/aromatic N) is 2. The van der Waals surface area contributed by atoms with E-state index in [0.29, 0.717) is 11.2 Å². The molecule has 2 aliphatic rings. The first-order valence-corrected chi connectivity index (χ1v) is 11.4. The van der Waals surface area contributed by atoms with Crippen LogP contribution in [0.5, 0.6) is 5.75 Å². The van der Waals surface area contributed by atoms with E-state index in [1.165, 1.54) is 18.4 Å². The van der Waals surface area contributed by atoms with Crippen LogP contribution in [-0.4, -0.2) is 21.2 Å². The maximum atomic E-state index is 6.16. The minimum Gasteiger partial charge on any atom is -0.490 e. The summed E-state index contributed by atoms with van der Waals surface area (Å²) in [6, 6.07) is 16.6. The van der Waals surface area contributed by atoms with Gasteiger partial charge in [0.1, 0.15) is 5.75 Å².